The molecule has 5 nitrogen and oxygen atoms in total. The lowest BCUT2D eigenvalue weighted by Crippen LogP contribution is -2.81. The molecule has 2 N–H and O–H groups in total. The van der Waals surface area contributed by atoms with Gasteiger partial charge in [-0.1, -0.05) is 0 Å². The Morgan fingerprint density at radius 2 is 2.00 bits per heavy atom. The van der Waals surface area contributed by atoms with Gasteiger partial charge in [0.15, 0.2) is 5.60 Å². The number of nitrogens with one attached hydrogen (secondary N) is 1. The molecule has 0 bridgehead atoms. The van der Waals surface area contributed by atoms with Crippen molar-refractivity contribution >= 4 is 35.4 Å². The topological polar surface area (TPSA) is 75.6 Å². The van der Waals surface area contributed by atoms with E-state index in [1.807, 2.05) is 0 Å². The van der Waals surface area contributed by atoms with Crippen molar-refractivity contribution in [2.24, 2.45) is 5.41 Å². The Morgan fingerprint density at radius 3 is 2.53 bits per heavy atom. The number of carbonyl (C=O) groups is 2. The number of rotatable bonds is 2. The van der Waals surface area contributed by atoms with Crippen molar-refractivity contribution in [3.05, 3.63) is 0 Å². The maximum absolute atomic E-state index is 12.2. The molecule has 3 fully saturated rings. The standard InChI is InChI=1S/C12H17NO4S2/c1-10(2)7(15)13-11(6-14)8(16)17-12(10,11)9-18-4-3-5-19-9/h9,14H,3-6H2,1-2H3,(H,13,15)/t11-,12-/m0/s1. The van der Waals surface area contributed by atoms with Gasteiger partial charge < -0.3 is 15.2 Å². The van der Waals surface area contributed by atoms with E-state index in [4.69, 9.17) is 4.74 Å². The highest BCUT2D eigenvalue weighted by atomic mass is 32.2. The van der Waals surface area contributed by atoms with Gasteiger partial charge in [0.05, 0.1) is 16.6 Å². The Balaban J connectivity index is 2.08. The molecule has 19 heavy (non-hydrogen) atoms. The fraction of sp³-hybridized carbons (Fsp3) is 0.833. The van der Waals surface area contributed by atoms with Crippen LogP contribution in [0.1, 0.15) is 20.3 Å². The third-order valence-electron chi connectivity index (χ3n) is 4.46. The van der Waals surface area contributed by atoms with Crippen LogP contribution in [0.5, 0.6) is 0 Å². The van der Waals surface area contributed by atoms with E-state index >= 15 is 0 Å². The first-order chi connectivity index (χ1) is 8.92. The summed E-state index contributed by atoms with van der Waals surface area (Å²) in [6, 6.07) is 0. The first-order valence-electron chi connectivity index (χ1n) is 6.32. The Labute approximate surface area is 120 Å². The van der Waals surface area contributed by atoms with Crippen LogP contribution in [-0.4, -0.2) is 50.8 Å². The highest BCUT2D eigenvalue weighted by molar-refractivity contribution is 8.17. The number of fused-ring (bicyclic) bond motifs is 1. The molecule has 1 amide bonds. The number of esters is 1. The van der Waals surface area contributed by atoms with Gasteiger partial charge in [-0.15, -0.1) is 23.5 Å². The summed E-state index contributed by atoms with van der Waals surface area (Å²) in [6.45, 7) is 3.18. The van der Waals surface area contributed by atoms with Gasteiger partial charge >= 0.3 is 5.97 Å². The van der Waals surface area contributed by atoms with Crippen LogP contribution in [0, 0.1) is 5.41 Å². The molecule has 0 saturated carbocycles. The Kier molecular flexibility index (Phi) is 2.89. The molecule has 3 rings (SSSR count). The zero-order valence-electron chi connectivity index (χ0n) is 10.9. The van der Waals surface area contributed by atoms with Gasteiger partial charge in [-0.25, -0.2) is 4.79 Å². The minimum Gasteiger partial charge on any atom is -0.451 e. The van der Waals surface area contributed by atoms with Crippen molar-refractivity contribution < 1.29 is 19.4 Å². The summed E-state index contributed by atoms with van der Waals surface area (Å²) in [5.41, 5.74) is -3.03. The third-order valence-corrected chi connectivity index (χ3v) is 7.59. The van der Waals surface area contributed by atoms with Crippen molar-refractivity contribution in [2.45, 2.75) is 36.0 Å². The molecule has 7 heteroatoms. The Hall–Kier alpha value is -0.400. The van der Waals surface area contributed by atoms with E-state index in [1.54, 1.807) is 37.4 Å². The van der Waals surface area contributed by atoms with Crippen molar-refractivity contribution in [3.63, 3.8) is 0 Å². The summed E-state index contributed by atoms with van der Waals surface area (Å²) in [4.78, 5) is 24.2. The van der Waals surface area contributed by atoms with Crippen molar-refractivity contribution in [2.75, 3.05) is 18.1 Å². The van der Waals surface area contributed by atoms with Crippen LogP contribution in [0.25, 0.3) is 0 Å². The van der Waals surface area contributed by atoms with Crippen LogP contribution in [0.15, 0.2) is 0 Å². The van der Waals surface area contributed by atoms with Gasteiger partial charge in [0.25, 0.3) is 0 Å². The first kappa shape index (κ1) is 13.6. The monoisotopic (exact) mass is 303 g/mol. The van der Waals surface area contributed by atoms with Crippen LogP contribution < -0.4 is 5.32 Å². The van der Waals surface area contributed by atoms with Crippen molar-refractivity contribution in [3.8, 4) is 0 Å². The minimum atomic E-state index is -1.25. The number of aliphatic hydroxyl groups excluding tert-OH is 1. The second-order valence-corrected chi connectivity index (χ2v) is 8.42. The second kappa shape index (κ2) is 4.05. The first-order valence-corrected chi connectivity index (χ1v) is 8.42. The number of carbonyl (C=O) groups excluding carboxylic acids is 2. The fourth-order valence-electron chi connectivity index (χ4n) is 3.24. The summed E-state index contributed by atoms with van der Waals surface area (Å²) in [7, 11) is 0. The van der Waals surface area contributed by atoms with Crippen molar-refractivity contribution in [1.82, 2.24) is 5.32 Å². The lowest BCUT2D eigenvalue weighted by molar-refractivity contribution is -0.234. The SMILES string of the molecule is CC1(C)C(=O)N[C@@]2(CO)C(=O)O[C@@]12C1SCCCS1. The van der Waals surface area contributed by atoms with E-state index in [0.717, 1.165) is 17.9 Å². The Morgan fingerprint density at radius 1 is 1.37 bits per heavy atom. The predicted molar refractivity (Wildman–Crippen MR) is 73.9 cm³/mol. The fourth-order valence-corrected chi connectivity index (χ4v) is 6.99. The highest BCUT2D eigenvalue weighted by Crippen LogP contribution is 2.62. The zero-order chi connectivity index (χ0) is 13.9. The highest BCUT2D eigenvalue weighted by Gasteiger charge is 2.84. The molecule has 3 saturated heterocycles. The molecule has 3 aliphatic rings. The molecule has 2 atom stereocenters. The van der Waals surface area contributed by atoms with Crippen LogP contribution in [-0.2, 0) is 14.3 Å². The molecule has 0 spiro atoms. The van der Waals surface area contributed by atoms with E-state index in [2.05, 4.69) is 5.32 Å². The number of ether oxygens (including phenoxy) is 1. The van der Waals surface area contributed by atoms with E-state index in [9.17, 15) is 14.7 Å². The molecule has 0 aliphatic carbocycles. The van der Waals surface area contributed by atoms with Crippen molar-refractivity contribution in [1.29, 1.82) is 0 Å². The number of hydrogen-bond acceptors (Lipinski definition) is 6. The largest absolute Gasteiger partial charge is 0.451 e. The maximum Gasteiger partial charge on any atom is 0.339 e. The molecular weight excluding hydrogens is 286 g/mol. The van der Waals surface area contributed by atoms with Gasteiger partial charge in [-0.2, -0.15) is 0 Å². The molecule has 0 aromatic rings. The third kappa shape index (κ3) is 1.34. The Bertz CT molecular complexity index is 449. The van der Waals surface area contributed by atoms with Crippen LogP contribution in [0.2, 0.25) is 0 Å². The number of thioether (sulfide) groups is 2. The van der Waals surface area contributed by atoms with E-state index in [0.29, 0.717) is 0 Å². The van der Waals surface area contributed by atoms with E-state index < -0.39 is 29.1 Å². The molecular formula is C12H17NO4S2. The summed E-state index contributed by atoms with van der Waals surface area (Å²) in [6.07, 6.45) is 1.11. The van der Waals surface area contributed by atoms with E-state index in [-0.39, 0.29) is 10.5 Å². The summed E-state index contributed by atoms with van der Waals surface area (Å²) >= 11 is 3.43. The predicted octanol–water partition coefficient (Wildman–Crippen LogP) is 0.365. The normalized spacial score (nSPS) is 41.2. The number of aliphatic hydroxyl groups is 1. The molecule has 0 aromatic heterocycles. The average Bonchev–Trinajstić information content (AvgIpc) is 2.54. The summed E-state index contributed by atoms with van der Waals surface area (Å²) < 4.78 is 5.53. The maximum atomic E-state index is 12.2. The molecule has 0 unspecified atom stereocenters. The molecule has 0 radical (unpaired) electrons. The van der Waals surface area contributed by atoms with Crippen LogP contribution in [0.4, 0.5) is 0 Å². The summed E-state index contributed by atoms with van der Waals surface area (Å²) in [5.74, 6) is 1.24. The second-order valence-electron chi connectivity index (χ2n) is 5.69. The smallest absolute Gasteiger partial charge is 0.339 e. The number of amides is 1. The lowest BCUT2D eigenvalue weighted by Gasteiger charge is -2.58. The van der Waals surface area contributed by atoms with Gasteiger partial charge in [-0.3, -0.25) is 4.79 Å². The zero-order valence-corrected chi connectivity index (χ0v) is 12.5. The molecule has 3 heterocycles. The van der Waals surface area contributed by atoms with Gasteiger partial charge in [0.1, 0.15) is 0 Å². The van der Waals surface area contributed by atoms with Crippen LogP contribution in [0.3, 0.4) is 0 Å². The molecule has 0 aromatic carbocycles. The quantitative estimate of drug-likeness (QED) is 0.718. The number of hydrogen-bond donors (Lipinski definition) is 2. The molecule has 106 valence electrons. The lowest BCUT2D eigenvalue weighted by atomic mass is 9.65. The van der Waals surface area contributed by atoms with Gasteiger partial charge in [0, 0.05) is 0 Å². The summed E-state index contributed by atoms with van der Waals surface area (Å²) in [5, 5.41) is 12.4. The van der Waals surface area contributed by atoms with E-state index in [1.165, 1.54) is 0 Å². The van der Waals surface area contributed by atoms with Gasteiger partial charge in [-0.05, 0) is 31.8 Å². The minimum absolute atomic E-state index is 0.0138. The van der Waals surface area contributed by atoms with Crippen LogP contribution >= 0.6 is 23.5 Å². The molecule has 3 aliphatic heterocycles. The van der Waals surface area contributed by atoms with Gasteiger partial charge in [0.2, 0.25) is 11.4 Å². The average molecular weight is 303 g/mol.